The lowest BCUT2D eigenvalue weighted by Crippen LogP contribution is -2.36. The van der Waals surface area contributed by atoms with Crippen molar-refractivity contribution in [3.63, 3.8) is 0 Å². The van der Waals surface area contributed by atoms with E-state index in [0.29, 0.717) is 36.7 Å². The van der Waals surface area contributed by atoms with Crippen molar-refractivity contribution in [3.05, 3.63) is 70.3 Å². The van der Waals surface area contributed by atoms with Gasteiger partial charge in [0.15, 0.2) is 5.96 Å². The van der Waals surface area contributed by atoms with Gasteiger partial charge in [-0.05, 0) is 62.8 Å². The summed E-state index contributed by atoms with van der Waals surface area (Å²) in [6.07, 6.45) is 0. The summed E-state index contributed by atoms with van der Waals surface area (Å²) >= 11 is 0. The van der Waals surface area contributed by atoms with Crippen molar-refractivity contribution in [3.8, 4) is 0 Å². The standard InChI is InChI=1S/C21H28F2N4.HI/c1-5-24-21(25-12-16-6-8-19(22)15(2)10-16)26-13-17-7-9-20(23)18(11-17)14-27(3)4;/h6-11H,5,12-14H2,1-4H3,(H2,24,25,26);1H. The number of benzene rings is 2. The molecule has 0 bridgehead atoms. The highest BCUT2D eigenvalue weighted by Crippen LogP contribution is 2.13. The van der Waals surface area contributed by atoms with Crippen LogP contribution in [0.5, 0.6) is 0 Å². The van der Waals surface area contributed by atoms with Gasteiger partial charge in [0.05, 0.1) is 6.54 Å². The maximum absolute atomic E-state index is 13.9. The lowest BCUT2D eigenvalue weighted by molar-refractivity contribution is 0.392. The number of hydrogen-bond donors (Lipinski definition) is 2. The average Bonchev–Trinajstić information content (AvgIpc) is 2.62. The maximum Gasteiger partial charge on any atom is 0.191 e. The molecule has 28 heavy (non-hydrogen) atoms. The number of hydrogen-bond acceptors (Lipinski definition) is 2. The molecule has 0 atom stereocenters. The van der Waals surface area contributed by atoms with Crippen molar-refractivity contribution in [2.45, 2.75) is 33.5 Å². The van der Waals surface area contributed by atoms with Gasteiger partial charge in [-0.3, -0.25) is 0 Å². The molecular weight excluding hydrogens is 473 g/mol. The van der Waals surface area contributed by atoms with Crippen LogP contribution in [0.3, 0.4) is 0 Å². The molecule has 0 saturated heterocycles. The maximum atomic E-state index is 13.9. The highest BCUT2D eigenvalue weighted by atomic mass is 127. The van der Waals surface area contributed by atoms with Crippen molar-refractivity contribution in [1.82, 2.24) is 15.5 Å². The topological polar surface area (TPSA) is 39.7 Å². The molecule has 0 heterocycles. The number of halogens is 3. The summed E-state index contributed by atoms with van der Waals surface area (Å²) in [6.45, 7) is 6.00. The Hall–Kier alpha value is -1.74. The minimum absolute atomic E-state index is 0. The lowest BCUT2D eigenvalue weighted by Gasteiger charge is -2.14. The van der Waals surface area contributed by atoms with Gasteiger partial charge < -0.3 is 15.5 Å². The Labute approximate surface area is 183 Å². The third-order valence-electron chi connectivity index (χ3n) is 4.04. The van der Waals surface area contributed by atoms with Crippen LogP contribution in [0.1, 0.15) is 29.2 Å². The van der Waals surface area contributed by atoms with Crippen molar-refractivity contribution in [1.29, 1.82) is 0 Å². The van der Waals surface area contributed by atoms with Crippen LogP contribution in [0.25, 0.3) is 0 Å². The Balaban J connectivity index is 0.00000392. The molecule has 0 aliphatic rings. The molecule has 4 nitrogen and oxygen atoms in total. The summed E-state index contributed by atoms with van der Waals surface area (Å²) in [5, 5.41) is 6.45. The van der Waals surface area contributed by atoms with Crippen LogP contribution in [0.4, 0.5) is 8.78 Å². The molecule has 154 valence electrons. The zero-order chi connectivity index (χ0) is 19.8. The summed E-state index contributed by atoms with van der Waals surface area (Å²) in [5.74, 6) is 0.260. The van der Waals surface area contributed by atoms with Gasteiger partial charge in [0.25, 0.3) is 0 Å². The number of aliphatic imine (C=N–C) groups is 1. The van der Waals surface area contributed by atoms with Crippen LogP contribution in [-0.2, 0) is 19.6 Å². The SMILES string of the molecule is CCNC(=NCc1ccc(F)c(C)c1)NCc1ccc(F)c(CN(C)C)c1.I. The van der Waals surface area contributed by atoms with E-state index in [1.54, 1.807) is 25.1 Å². The van der Waals surface area contributed by atoms with Crippen LogP contribution >= 0.6 is 24.0 Å². The van der Waals surface area contributed by atoms with E-state index in [2.05, 4.69) is 15.6 Å². The van der Waals surface area contributed by atoms with Gasteiger partial charge in [0.2, 0.25) is 0 Å². The Bertz CT molecular complexity index is 794. The Morgan fingerprint density at radius 1 is 1.00 bits per heavy atom. The fourth-order valence-corrected chi connectivity index (χ4v) is 2.70. The van der Waals surface area contributed by atoms with E-state index in [1.807, 2.05) is 32.0 Å². The molecule has 7 heteroatoms. The number of guanidine groups is 1. The van der Waals surface area contributed by atoms with Gasteiger partial charge in [0.1, 0.15) is 11.6 Å². The van der Waals surface area contributed by atoms with Crippen LogP contribution in [0.15, 0.2) is 41.4 Å². The number of rotatable bonds is 7. The second-order valence-corrected chi connectivity index (χ2v) is 6.80. The van der Waals surface area contributed by atoms with E-state index < -0.39 is 0 Å². The third-order valence-corrected chi connectivity index (χ3v) is 4.04. The molecule has 0 aliphatic carbocycles. The summed E-state index contributed by atoms with van der Waals surface area (Å²) in [5.41, 5.74) is 3.21. The number of nitrogens with one attached hydrogen (secondary N) is 2. The molecule has 0 fully saturated rings. The molecule has 0 radical (unpaired) electrons. The van der Waals surface area contributed by atoms with Gasteiger partial charge in [-0.25, -0.2) is 13.8 Å². The van der Waals surface area contributed by atoms with Gasteiger partial charge in [-0.15, -0.1) is 24.0 Å². The molecular formula is C21H29F2IN4. The molecule has 0 spiro atoms. The second kappa shape index (κ2) is 12.0. The third kappa shape index (κ3) is 7.71. The average molecular weight is 502 g/mol. The molecule has 2 rings (SSSR count). The van der Waals surface area contributed by atoms with Crippen molar-refractivity contribution in [2.75, 3.05) is 20.6 Å². The quantitative estimate of drug-likeness (QED) is 0.339. The van der Waals surface area contributed by atoms with Gasteiger partial charge >= 0.3 is 0 Å². The first-order valence-electron chi connectivity index (χ1n) is 9.08. The van der Waals surface area contributed by atoms with Crippen LogP contribution < -0.4 is 10.6 Å². The molecule has 2 N–H and O–H groups in total. The second-order valence-electron chi connectivity index (χ2n) is 6.80. The smallest absolute Gasteiger partial charge is 0.191 e. The Morgan fingerprint density at radius 2 is 1.68 bits per heavy atom. The monoisotopic (exact) mass is 502 g/mol. The predicted molar refractivity (Wildman–Crippen MR) is 122 cm³/mol. The summed E-state index contributed by atoms with van der Waals surface area (Å²) in [4.78, 5) is 6.48. The van der Waals surface area contributed by atoms with E-state index in [9.17, 15) is 8.78 Å². The van der Waals surface area contributed by atoms with Crippen LogP contribution in [0, 0.1) is 18.6 Å². The highest BCUT2D eigenvalue weighted by Gasteiger charge is 2.06. The van der Waals surface area contributed by atoms with Gasteiger partial charge in [0, 0.05) is 25.2 Å². The minimum atomic E-state index is -0.211. The Morgan fingerprint density at radius 3 is 2.32 bits per heavy atom. The number of nitrogens with zero attached hydrogens (tertiary/aromatic N) is 2. The summed E-state index contributed by atoms with van der Waals surface area (Å²) in [7, 11) is 3.83. The first kappa shape index (κ1) is 24.3. The van der Waals surface area contributed by atoms with Crippen molar-refractivity contribution in [2.24, 2.45) is 4.99 Å². The predicted octanol–water partition coefficient (Wildman–Crippen LogP) is 4.21. The lowest BCUT2D eigenvalue weighted by atomic mass is 10.1. The summed E-state index contributed by atoms with van der Waals surface area (Å²) < 4.78 is 27.3. The number of aryl methyl sites for hydroxylation is 1. The first-order chi connectivity index (χ1) is 12.9. The van der Waals surface area contributed by atoms with E-state index >= 15 is 0 Å². The Kier molecular flexibility index (Phi) is 10.4. The normalized spacial score (nSPS) is 11.3. The van der Waals surface area contributed by atoms with Gasteiger partial charge in [-0.1, -0.05) is 18.2 Å². The van der Waals surface area contributed by atoms with E-state index in [1.165, 1.54) is 12.1 Å². The first-order valence-corrected chi connectivity index (χ1v) is 9.08. The molecule has 0 saturated carbocycles. The zero-order valence-corrected chi connectivity index (χ0v) is 19.2. The minimum Gasteiger partial charge on any atom is -0.357 e. The molecule has 0 aliphatic heterocycles. The molecule has 0 aromatic heterocycles. The van der Waals surface area contributed by atoms with Crippen LogP contribution in [0.2, 0.25) is 0 Å². The fourth-order valence-electron chi connectivity index (χ4n) is 2.70. The van der Waals surface area contributed by atoms with Crippen LogP contribution in [-0.4, -0.2) is 31.5 Å². The fraction of sp³-hybridized carbons (Fsp3) is 0.381. The van der Waals surface area contributed by atoms with Crippen molar-refractivity contribution < 1.29 is 8.78 Å². The summed E-state index contributed by atoms with van der Waals surface area (Å²) in [6, 6.07) is 10.1. The molecule has 2 aromatic rings. The zero-order valence-electron chi connectivity index (χ0n) is 16.9. The highest BCUT2D eigenvalue weighted by molar-refractivity contribution is 14.0. The van der Waals surface area contributed by atoms with Crippen molar-refractivity contribution >= 4 is 29.9 Å². The van der Waals surface area contributed by atoms with E-state index in [4.69, 9.17) is 0 Å². The van der Waals surface area contributed by atoms with E-state index in [0.717, 1.165) is 17.7 Å². The largest absolute Gasteiger partial charge is 0.357 e. The molecule has 0 amide bonds. The molecule has 2 aromatic carbocycles. The molecule has 0 unspecified atom stereocenters. The van der Waals surface area contributed by atoms with E-state index in [-0.39, 0.29) is 35.6 Å². The van der Waals surface area contributed by atoms with Gasteiger partial charge in [-0.2, -0.15) is 0 Å².